The molecule has 3 aromatic carbocycles. The monoisotopic (exact) mass is 763 g/mol. The molecule has 2 heterocycles. The zero-order valence-electron chi connectivity index (χ0n) is 28.6. The number of aliphatic hydroxyl groups excluding tert-OH is 1. The standard InChI is InChI=1S/C38H44Cl3NO9/c1-23-24(2)33(47-20-27-15-9-5-10-16-27)36(51-32(23)35(44)48-21-28-17-11-6-12-18-28)50-31-25(3)29(22-46-19-26-13-7-4-8-14-26)49-34(43)30(31)42-37(45)38(39,40)41/h4-18,23-25,29-34,36,43H,19-22H2,1-3H3,(H,42,45)/t23-,24+,25+,29?,30?,31+,32?,33?,34?,36-/m1/s1. The van der Waals surface area contributed by atoms with E-state index in [0.717, 1.165) is 16.7 Å². The minimum absolute atomic E-state index is 0.0685. The molecule has 0 radical (unpaired) electrons. The zero-order chi connectivity index (χ0) is 36.5. The third-order valence-corrected chi connectivity index (χ3v) is 9.95. The Labute approximate surface area is 313 Å². The van der Waals surface area contributed by atoms with Gasteiger partial charge >= 0.3 is 5.97 Å². The molecular formula is C38H44Cl3NO9. The van der Waals surface area contributed by atoms with E-state index in [-0.39, 0.29) is 31.7 Å². The highest BCUT2D eigenvalue weighted by Gasteiger charge is 2.52. The number of alkyl halides is 3. The molecule has 10 nitrogen and oxygen atoms in total. The SMILES string of the molecule is C[C@@H]1C(OCc2ccccc2)[C@H](O[C@@H]2C(NC(=O)C(Cl)(Cl)Cl)C(O)OC(COCc3ccccc3)[C@@H]2C)OC(C(=O)OCc2ccccc2)[C@@H]1C. The second kappa shape index (κ2) is 18.3. The van der Waals surface area contributed by atoms with Crippen LogP contribution in [0.1, 0.15) is 37.5 Å². The molecule has 2 aliphatic heterocycles. The number of hydrogen-bond acceptors (Lipinski definition) is 9. The van der Waals surface area contributed by atoms with Crippen molar-refractivity contribution in [3.05, 3.63) is 108 Å². The largest absolute Gasteiger partial charge is 0.459 e. The van der Waals surface area contributed by atoms with Crippen LogP contribution in [0.25, 0.3) is 0 Å². The van der Waals surface area contributed by atoms with E-state index < -0.39 is 64.6 Å². The summed E-state index contributed by atoms with van der Waals surface area (Å²) in [5.74, 6) is -2.64. The van der Waals surface area contributed by atoms with Crippen LogP contribution in [0.4, 0.5) is 0 Å². The first-order valence-electron chi connectivity index (χ1n) is 16.9. The summed E-state index contributed by atoms with van der Waals surface area (Å²) in [6, 6.07) is 27.4. The number of nitrogens with one attached hydrogen (secondary N) is 1. The average Bonchev–Trinajstić information content (AvgIpc) is 3.12. The fourth-order valence-electron chi connectivity index (χ4n) is 6.25. The Morgan fingerprint density at radius 3 is 1.86 bits per heavy atom. The van der Waals surface area contributed by atoms with Crippen LogP contribution < -0.4 is 5.32 Å². The Morgan fingerprint density at radius 1 is 0.745 bits per heavy atom. The van der Waals surface area contributed by atoms with Crippen LogP contribution in [-0.4, -0.2) is 70.4 Å². The molecule has 2 aliphatic rings. The molecule has 276 valence electrons. The normalized spacial score (nSPS) is 29.6. The molecule has 10 atom stereocenters. The lowest BCUT2D eigenvalue weighted by atomic mass is 9.83. The molecule has 1 amide bonds. The molecule has 0 saturated carbocycles. The van der Waals surface area contributed by atoms with E-state index in [4.69, 9.17) is 63.2 Å². The number of rotatable bonds is 13. The summed E-state index contributed by atoms with van der Waals surface area (Å²) in [7, 11) is 0. The Balaban J connectivity index is 1.40. The van der Waals surface area contributed by atoms with E-state index in [1.807, 2.05) is 112 Å². The quantitative estimate of drug-likeness (QED) is 0.157. The van der Waals surface area contributed by atoms with Gasteiger partial charge < -0.3 is 38.8 Å². The number of esters is 1. The summed E-state index contributed by atoms with van der Waals surface area (Å²) in [6.45, 7) is 6.41. The molecule has 0 spiro atoms. The van der Waals surface area contributed by atoms with Gasteiger partial charge in [-0.15, -0.1) is 0 Å². The summed E-state index contributed by atoms with van der Waals surface area (Å²) in [5.41, 5.74) is 2.72. The van der Waals surface area contributed by atoms with E-state index in [1.165, 1.54) is 0 Å². The highest BCUT2D eigenvalue weighted by atomic mass is 35.6. The third-order valence-electron chi connectivity index (χ3n) is 9.44. The first-order valence-corrected chi connectivity index (χ1v) is 18.1. The summed E-state index contributed by atoms with van der Waals surface area (Å²) in [4.78, 5) is 26.5. The van der Waals surface area contributed by atoms with Crippen molar-refractivity contribution >= 4 is 46.7 Å². The van der Waals surface area contributed by atoms with Crippen molar-refractivity contribution in [1.82, 2.24) is 5.32 Å². The highest BCUT2D eigenvalue weighted by Crippen LogP contribution is 2.38. The summed E-state index contributed by atoms with van der Waals surface area (Å²) in [6.07, 6.45) is -6.07. The smallest absolute Gasteiger partial charge is 0.336 e. The summed E-state index contributed by atoms with van der Waals surface area (Å²) >= 11 is 17.7. The third kappa shape index (κ3) is 10.7. The predicted octanol–water partition coefficient (Wildman–Crippen LogP) is 6.12. The Bertz CT molecular complexity index is 1530. The molecule has 2 saturated heterocycles. The fraction of sp³-hybridized carbons (Fsp3) is 0.474. The van der Waals surface area contributed by atoms with Gasteiger partial charge in [-0.05, 0) is 28.5 Å². The van der Waals surface area contributed by atoms with Gasteiger partial charge in [0, 0.05) is 5.92 Å². The van der Waals surface area contributed by atoms with Gasteiger partial charge in [-0.1, -0.05) is 147 Å². The Hall–Kier alpha value is -2.77. The number of benzene rings is 3. The maximum absolute atomic E-state index is 13.6. The number of amides is 1. The van der Waals surface area contributed by atoms with Crippen LogP contribution in [-0.2, 0) is 57.8 Å². The number of carbonyl (C=O) groups is 2. The van der Waals surface area contributed by atoms with Crippen LogP contribution in [0.2, 0.25) is 0 Å². The molecule has 0 bridgehead atoms. The van der Waals surface area contributed by atoms with Gasteiger partial charge in [0.1, 0.15) is 18.8 Å². The van der Waals surface area contributed by atoms with E-state index in [1.54, 1.807) is 0 Å². The van der Waals surface area contributed by atoms with Crippen molar-refractivity contribution in [1.29, 1.82) is 0 Å². The second-order valence-electron chi connectivity index (χ2n) is 13.0. The van der Waals surface area contributed by atoms with Crippen LogP contribution in [0.3, 0.4) is 0 Å². The molecule has 51 heavy (non-hydrogen) atoms. The average molecular weight is 765 g/mol. The number of aliphatic hydroxyl groups is 1. The number of hydrogen-bond donors (Lipinski definition) is 2. The van der Waals surface area contributed by atoms with E-state index in [2.05, 4.69) is 5.32 Å². The van der Waals surface area contributed by atoms with Gasteiger partial charge in [0.05, 0.1) is 32.0 Å². The molecule has 3 aromatic rings. The Kier molecular flexibility index (Phi) is 14.2. The predicted molar refractivity (Wildman–Crippen MR) is 191 cm³/mol. The van der Waals surface area contributed by atoms with Crippen LogP contribution >= 0.6 is 34.8 Å². The van der Waals surface area contributed by atoms with Crippen molar-refractivity contribution in [3.8, 4) is 0 Å². The maximum atomic E-state index is 13.6. The van der Waals surface area contributed by atoms with Gasteiger partial charge in [-0.2, -0.15) is 0 Å². The van der Waals surface area contributed by atoms with Crippen molar-refractivity contribution in [2.75, 3.05) is 6.61 Å². The fourth-order valence-corrected chi connectivity index (χ4v) is 6.42. The summed E-state index contributed by atoms with van der Waals surface area (Å²) in [5, 5.41) is 13.9. The van der Waals surface area contributed by atoms with E-state index >= 15 is 0 Å². The first kappa shape index (κ1) is 39.4. The van der Waals surface area contributed by atoms with Gasteiger partial charge in [-0.25, -0.2) is 4.79 Å². The maximum Gasteiger partial charge on any atom is 0.336 e. The van der Waals surface area contributed by atoms with Gasteiger partial charge in [-0.3, -0.25) is 4.79 Å². The minimum Gasteiger partial charge on any atom is -0.459 e. The lowest BCUT2D eigenvalue weighted by molar-refractivity contribution is -0.325. The molecule has 13 heteroatoms. The van der Waals surface area contributed by atoms with Gasteiger partial charge in [0.15, 0.2) is 18.7 Å². The van der Waals surface area contributed by atoms with Crippen molar-refractivity contribution in [2.45, 2.75) is 87.4 Å². The first-order chi connectivity index (χ1) is 24.4. The molecule has 2 fully saturated rings. The van der Waals surface area contributed by atoms with Gasteiger partial charge in [0.2, 0.25) is 0 Å². The number of ether oxygens (including phenoxy) is 6. The molecule has 5 unspecified atom stereocenters. The molecule has 2 N–H and O–H groups in total. The minimum atomic E-state index is -2.33. The molecule has 5 rings (SSSR count). The van der Waals surface area contributed by atoms with E-state index in [9.17, 15) is 14.7 Å². The van der Waals surface area contributed by atoms with Crippen LogP contribution in [0, 0.1) is 17.8 Å². The van der Waals surface area contributed by atoms with Crippen molar-refractivity contribution in [2.24, 2.45) is 17.8 Å². The number of carbonyl (C=O) groups excluding carboxylic acids is 2. The molecular weight excluding hydrogens is 721 g/mol. The Morgan fingerprint density at radius 2 is 1.29 bits per heavy atom. The van der Waals surface area contributed by atoms with Crippen molar-refractivity contribution in [3.63, 3.8) is 0 Å². The van der Waals surface area contributed by atoms with Crippen molar-refractivity contribution < 1.29 is 43.1 Å². The topological polar surface area (TPSA) is 122 Å². The number of halogens is 3. The summed E-state index contributed by atoms with van der Waals surface area (Å²) < 4.78 is 34.9. The highest BCUT2D eigenvalue weighted by molar-refractivity contribution is 6.76. The molecule has 0 aliphatic carbocycles. The van der Waals surface area contributed by atoms with Crippen LogP contribution in [0.15, 0.2) is 91.0 Å². The van der Waals surface area contributed by atoms with E-state index in [0.29, 0.717) is 6.61 Å². The van der Waals surface area contributed by atoms with Crippen LogP contribution in [0.5, 0.6) is 0 Å². The lowest BCUT2D eigenvalue weighted by Gasteiger charge is -2.48. The lowest BCUT2D eigenvalue weighted by Crippen LogP contribution is -2.65. The second-order valence-corrected chi connectivity index (χ2v) is 15.3. The van der Waals surface area contributed by atoms with Gasteiger partial charge in [0.25, 0.3) is 9.70 Å². The zero-order valence-corrected chi connectivity index (χ0v) is 30.9. The molecule has 0 aromatic heterocycles.